The minimum Gasteiger partial charge on any atom is -0.490 e. The Hall–Kier alpha value is -3.16. The summed E-state index contributed by atoms with van der Waals surface area (Å²) in [5, 5.41) is 0. The summed E-state index contributed by atoms with van der Waals surface area (Å²) in [5.74, 6) is -4.56. The van der Waals surface area contributed by atoms with Gasteiger partial charge in [-0.3, -0.25) is 0 Å². The van der Waals surface area contributed by atoms with Gasteiger partial charge in [-0.2, -0.15) is 4.39 Å². The predicted molar refractivity (Wildman–Crippen MR) is 135 cm³/mol. The van der Waals surface area contributed by atoms with Crippen LogP contribution in [0.2, 0.25) is 0 Å². The van der Waals surface area contributed by atoms with Crippen molar-refractivity contribution < 1.29 is 31.8 Å². The molecular formula is C30H30F4O3. The normalized spacial score (nSPS) is 17.9. The van der Waals surface area contributed by atoms with Crippen LogP contribution >= 0.6 is 0 Å². The molecule has 196 valence electrons. The first kappa shape index (κ1) is 26.9. The first-order valence-corrected chi connectivity index (χ1v) is 12.5. The largest absolute Gasteiger partial charge is 0.490 e. The third-order valence-corrected chi connectivity index (χ3v) is 6.38. The SMILES string of the molecule is CC=CC1OCC(c2ccc(-c3ccc(-c4ccc(OCCCCC)c(F)c4F)cc3)c(F)c2F)CO1. The van der Waals surface area contributed by atoms with Crippen molar-refractivity contribution >= 4 is 0 Å². The van der Waals surface area contributed by atoms with E-state index in [9.17, 15) is 13.2 Å². The Morgan fingerprint density at radius 3 is 1.97 bits per heavy atom. The van der Waals surface area contributed by atoms with E-state index in [2.05, 4.69) is 0 Å². The Morgan fingerprint density at radius 2 is 1.38 bits per heavy atom. The van der Waals surface area contributed by atoms with Crippen LogP contribution in [0.4, 0.5) is 17.6 Å². The fraction of sp³-hybridized carbons (Fsp3) is 0.333. The van der Waals surface area contributed by atoms with E-state index in [1.165, 1.54) is 24.3 Å². The van der Waals surface area contributed by atoms with Gasteiger partial charge in [-0.1, -0.05) is 62.2 Å². The van der Waals surface area contributed by atoms with Crippen LogP contribution in [0.5, 0.6) is 5.75 Å². The van der Waals surface area contributed by atoms with E-state index in [1.54, 1.807) is 36.4 Å². The highest BCUT2D eigenvalue weighted by atomic mass is 19.2. The van der Waals surface area contributed by atoms with E-state index in [4.69, 9.17) is 14.2 Å². The Balaban J connectivity index is 1.50. The molecule has 1 aliphatic heterocycles. The molecule has 0 N–H and O–H groups in total. The molecular weight excluding hydrogens is 484 g/mol. The molecule has 1 fully saturated rings. The molecule has 0 atom stereocenters. The van der Waals surface area contributed by atoms with Gasteiger partial charge in [-0.25, -0.2) is 13.2 Å². The summed E-state index contributed by atoms with van der Waals surface area (Å²) in [7, 11) is 0. The van der Waals surface area contributed by atoms with Crippen LogP contribution in [0.15, 0.2) is 60.7 Å². The molecule has 0 saturated carbocycles. The fourth-order valence-electron chi connectivity index (χ4n) is 4.30. The van der Waals surface area contributed by atoms with Crippen molar-refractivity contribution in [3.63, 3.8) is 0 Å². The molecule has 0 radical (unpaired) electrons. The fourth-order valence-corrected chi connectivity index (χ4v) is 4.30. The number of ether oxygens (including phenoxy) is 3. The van der Waals surface area contributed by atoms with Crippen molar-refractivity contribution in [1.82, 2.24) is 0 Å². The molecule has 37 heavy (non-hydrogen) atoms. The molecule has 3 aromatic rings. The van der Waals surface area contributed by atoms with Crippen molar-refractivity contribution in [3.05, 3.63) is 89.5 Å². The van der Waals surface area contributed by atoms with E-state index >= 15 is 4.39 Å². The maximum atomic E-state index is 15.0. The monoisotopic (exact) mass is 514 g/mol. The summed E-state index contributed by atoms with van der Waals surface area (Å²) < 4.78 is 75.8. The van der Waals surface area contributed by atoms with Crippen LogP contribution in [0.25, 0.3) is 22.3 Å². The van der Waals surface area contributed by atoms with Crippen molar-refractivity contribution in [2.24, 2.45) is 0 Å². The average molecular weight is 515 g/mol. The molecule has 1 aliphatic rings. The van der Waals surface area contributed by atoms with Crippen LogP contribution < -0.4 is 4.74 Å². The minimum absolute atomic E-state index is 0.0560. The van der Waals surface area contributed by atoms with Crippen LogP contribution in [-0.4, -0.2) is 26.1 Å². The summed E-state index contributed by atoms with van der Waals surface area (Å²) in [6.45, 7) is 4.63. The van der Waals surface area contributed by atoms with Gasteiger partial charge in [-0.15, -0.1) is 0 Å². The van der Waals surface area contributed by atoms with Gasteiger partial charge in [0.1, 0.15) is 0 Å². The van der Waals surface area contributed by atoms with Gasteiger partial charge in [0, 0.05) is 17.0 Å². The molecule has 0 aromatic heterocycles. The molecule has 4 rings (SSSR count). The third kappa shape index (κ3) is 6.05. The highest BCUT2D eigenvalue weighted by molar-refractivity contribution is 5.72. The first-order valence-electron chi connectivity index (χ1n) is 12.5. The number of hydrogen-bond donors (Lipinski definition) is 0. The number of rotatable bonds is 9. The quantitative estimate of drug-likeness (QED) is 0.164. The Morgan fingerprint density at radius 1 is 0.784 bits per heavy atom. The van der Waals surface area contributed by atoms with Crippen molar-refractivity contribution in [3.8, 4) is 28.0 Å². The number of hydrogen-bond acceptors (Lipinski definition) is 3. The van der Waals surface area contributed by atoms with Gasteiger partial charge in [-0.05, 0) is 48.2 Å². The number of allylic oxidation sites excluding steroid dienone is 1. The lowest BCUT2D eigenvalue weighted by atomic mass is 9.94. The molecule has 3 aromatic carbocycles. The van der Waals surface area contributed by atoms with Crippen LogP contribution in [0.3, 0.4) is 0 Å². The van der Waals surface area contributed by atoms with E-state index in [1.807, 2.05) is 13.8 Å². The zero-order chi connectivity index (χ0) is 26.4. The summed E-state index contributed by atoms with van der Waals surface area (Å²) in [6.07, 6.45) is 5.77. The summed E-state index contributed by atoms with van der Waals surface area (Å²) in [6, 6.07) is 12.1. The maximum absolute atomic E-state index is 15.0. The van der Waals surface area contributed by atoms with Crippen molar-refractivity contribution in [2.45, 2.75) is 45.3 Å². The van der Waals surface area contributed by atoms with Crippen LogP contribution in [-0.2, 0) is 9.47 Å². The zero-order valence-corrected chi connectivity index (χ0v) is 20.9. The van der Waals surface area contributed by atoms with Gasteiger partial charge >= 0.3 is 0 Å². The predicted octanol–water partition coefficient (Wildman–Crippen LogP) is 8.18. The highest BCUT2D eigenvalue weighted by Gasteiger charge is 2.27. The van der Waals surface area contributed by atoms with Gasteiger partial charge in [0.2, 0.25) is 5.82 Å². The maximum Gasteiger partial charge on any atom is 0.201 e. The molecule has 0 spiro atoms. The van der Waals surface area contributed by atoms with Gasteiger partial charge in [0.25, 0.3) is 0 Å². The Bertz CT molecular complexity index is 1230. The molecule has 0 unspecified atom stereocenters. The molecule has 0 aliphatic carbocycles. The Labute approximate surface area is 214 Å². The van der Waals surface area contributed by atoms with Gasteiger partial charge in [0.15, 0.2) is 29.5 Å². The zero-order valence-electron chi connectivity index (χ0n) is 20.9. The summed E-state index contributed by atoms with van der Waals surface area (Å²) in [4.78, 5) is 0. The van der Waals surface area contributed by atoms with E-state index < -0.39 is 35.5 Å². The molecule has 0 amide bonds. The van der Waals surface area contributed by atoms with Crippen LogP contribution in [0.1, 0.15) is 44.6 Å². The van der Waals surface area contributed by atoms with E-state index in [0.29, 0.717) is 17.7 Å². The topological polar surface area (TPSA) is 27.7 Å². The van der Waals surface area contributed by atoms with Gasteiger partial charge in [0.05, 0.1) is 19.8 Å². The minimum atomic E-state index is -1.05. The molecule has 1 heterocycles. The lowest BCUT2D eigenvalue weighted by Crippen LogP contribution is -2.30. The van der Waals surface area contributed by atoms with E-state index in [0.717, 1.165) is 19.3 Å². The highest BCUT2D eigenvalue weighted by Crippen LogP contribution is 2.34. The van der Waals surface area contributed by atoms with E-state index in [-0.39, 0.29) is 35.7 Å². The lowest BCUT2D eigenvalue weighted by molar-refractivity contribution is -0.159. The second-order valence-corrected chi connectivity index (χ2v) is 8.96. The number of benzene rings is 3. The first-order chi connectivity index (χ1) is 17.9. The number of halogens is 4. The molecule has 1 saturated heterocycles. The van der Waals surface area contributed by atoms with Crippen molar-refractivity contribution in [1.29, 1.82) is 0 Å². The smallest absolute Gasteiger partial charge is 0.201 e. The molecule has 7 heteroatoms. The molecule has 0 bridgehead atoms. The molecule has 3 nitrogen and oxygen atoms in total. The van der Waals surface area contributed by atoms with Crippen LogP contribution in [0, 0.1) is 23.3 Å². The second kappa shape index (κ2) is 12.4. The standard InChI is InChI=1S/C30H30F4O3/c1-3-5-6-16-35-25-15-14-23(29(33)30(25)34)20-10-8-19(9-11-20)22-12-13-24(28(32)27(22)31)21-17-36-26(7-4-2)37-18-21/h4,7-15,21,26H,3,5-6,16-18H2,1-2H3. The summed E-state index contributed by atoms with van der Waals surface area (Å²) in [5.41, 5.74) is 1.13. The average Bonchev–Trinajstić information content (AvgIpc) is 2.91. The lowest BCUT2D eigenvalue weighted by Gasteiger charge is -2.28. The third-order valence-electron chi connectivity index (χ3n) is 6.38. The number of unbranched alkanes of at least 4 members (excludes halogenated alkanes) is 2. The second-order valence-electron chi connectivity index (χ2n) is 8.96. The summed E-state index contributed by atoms with van der Waals surface area (Å²) >= 11 is 0. The van der Waals surface area contributed by atoms with Crippen molar-refractivity contribution in [2.75, 3.05) is 19.8 Å². The van der Waals surface area contributed by atoms with Gasteiger partial charge < -0.3 is 14.2 Å². The Kier molecular flexibility index (Phi) is 9.00.